The number of aromatic nitrogens is 2. The molecule has 6 heteroatoms. The molecule has 3 rings (SSSR count). The lowest BCUT2D eigenvalue weighted by molar-refractivity contribution is 0.0732. The van der Waals surface area contributed by atoms with Crippen molar-refractivity contribution in [1.82, 2.24) is 14.9 Å². The number of carbonyl (C=O) groups is 1. The Balaban J connectivity index is 1.69. The predicted octanol–water partition coefficient (Wildman–Crippen LogP) is 2.01. The molecule has 1 aliphatic heterocycles. The highest BCUT2D eigenvalue weighted by atomic mass is 16.5. The Labute approximate surface area is 141 Å². The van der Waals surface area contributed by atoms with E-state index in [1.807, 2.05) is 30.0 Å². The van der Waals surface area contributed by atoms with Gasteiger partial charge in [0.05, 0.1) is 17.9 Å². The number of hydrogen-bond donors (Lipinski definition) is 0. The van der Waals surface area contributed by atoms with Crippen molar-refractivity contribution in [2.45, 2.75) is 19.9 Å². The standard InChI is InChI=1S/C18H21N3O3/c1-13-9-15(11-19-10-13)18(22)21-6-5-16-14(12-21)3-4-17(20-16)24-8-7-23-2/h3-4,9-11H,5-8,12H2,1-2H3. The van der Waals surface area contributed by atoms with Crippen LogP contribution in [0.15, 0.2) is 30.6 Å². The van der Waals surface area contributed by atoms with Crippen LogP contribution in [0.4, 0.5) is 0 Å². The summed E-state index contributed by atoms with van der Waals surface area (Å²) >= 11 is 0. The smallest absolute Gasteiger partial charge is 0.255 e. The van der Waals surface area contributed by atoms with Crippen molar-refractivity contribution in [2.75, 3.05) is 26.9 Å². The number of rotatable bonds is 5. The maximum absolute atomic E-state index is 12.6. The summed E-state index contributed by atoms with van der Waals surface area (Å²) in [5.41, 5.74) is 3.68. The number of fused-ring (bicyclic) bond motifs is 1. The minimum Gasteiger partial charge on any atom is -0.475 e. The first kappa shape index (κ1) is 16.4. The van der Waals surface area contributed by atoms with Crippen LogP contribution in [-0.4, -0.2) is 47.6 Å². The maximum atomic E-state index is 12.6. The Kier molecular flexibility index (Phi) is 5.05. The van der Waals surface area contributed by atoms with Crippen LogP contribution in [0.5, 0.6) is 5.88 Å². The van der Waals surface area contributed by atoms with Gasteiger partial charge in [0.2, 0.25) is 5.88 Å². The van der Waals surface area contributed by atoms with Gasteiger partial charge in [0.15, 0.2) is 0 Å². The van der Waals surface area contributed by atoms with E-state index in [0.717, 1.165) is 23.2 Å². The molecular formula is C18H21N3O3. The van der Waals surface area contributed by atoms with E-state index in [0.29, 0.717) is 37.7 Å². The summed E-state index contributed by atoms with van der Waals surface area (Å²) in [4.78, 5) is 23.1. The molecule has 3 heterocycles. The lowest BCUT2D eigenvalue weighted by atomic mass is 10.0. The SMILES string of the molecule is COCCOc1ccc2c(n1)CCN(C(=O)c1cncc(C)c1)C2. The van der Waals surface area contributed by atoms with E-state index in [2.05, 4.69) is 9.97 Å². The lowest BCUT2D eigenvalue weighted by Gasteiger charge is -2.28. The normalized spacial score (nSPS) is 13.5. The van der Waals surface area contributed by atoms with Crippen molar-refractivity contribution in [3.05, 3.63) is 53.0 Å². The van der Waals surface area contributed by atoms with Gasteiger partial charge in [-0.1, -0.05) is 6.07 Å². The second kappa shape index (κ2) is 7.40. The minimum absolute atomic E-state index is 0.0114. The predicted molar refractivity (Wildman–Crippen MR) is 89.0 cm³/mol. The summed E-state index contributed by atoms with van der Waals surface area (Å²) in [5.74, 6) is 0.616. The average molecular weight is 327 g/mol. The maximum Gasteiger partial charge on any atom is 0.255 e. The van der Waals surface area contributed by atoms with Crippen molar-refractivity contribution in [3.63, 3.8) is 0 Å². The molecule has 0 fully saturated rings. The van der Waals surface area contributed by atoms with Crippen molar-refractivity contribution in [1.29, 1.82) is 0 Å². The first-order valence-corrected chi connectivity index (χ1v) is 7.99. The molecule has 6 nitrogen and oxygen atoms in total. The Morgan fingerprint density at radius 2 is 2.17 bits per heavy atom. The van der Waals surface area contributed by atoms with Crippen LogP contribution in [0.3, 0.4) is 0 Å². The van der Waals surface area contributed by atoms with E-state index >= 15 is 0 Å². The van der Waals surface area contributed by atoms with E-state index in [1.54, 1.807) is 19.5 Å². The molecule has 126 valence electrons. The Morgan fingerprint density at radius 3 is 2.96 bits per heavy atom. The first-order valence-electron chi connectivity index (χ1n) is 7.99. The van der Waals surface area contributed by atoms with Gasteiger partial charge in [-0.3, -0.25) is 9.78 Å². The number of nitrogens with zero attached hydrogens (tertiary/aromatic N) is 3. The van der Waals surface area contributed by atoms with E-state index in [4.69, 9.17) is 9.47 Å². The quantitative estimate of drug-likeness (QED) is 0.786. The zero-order valence-corrected chi connectivity index (χ0v) is 14.0. The summed E-state index contributed by atoms with van der Waals surface area (Å²) in [6, 6.07) is 5.70. The fourth-order valence-corrected chi connectivity index (χ4v) is 2.73. The molecule has 1 aliphatic rings. The molecule has 0 unspecified atom stereocenters. The first-order chi connectivity index (χ1) is 11.7. The van der Waals surface area contributed by atoms with Gasteiger partial charge < -0.3 is 14.4 Å². The van der Waals surface area contributed by atoms with Crippen LogP contribution in [0.1, 0.15) is 27.2 Å². The molecule has 0 aliphatic carbocycles. The number of hydrogen-bond acceptors (Lipinski definition) is 5. The molecular weight excluding hydrogens is 306 g/mol. The Bertz CT molecular complexity index is 733. The molecule has 0 aromatic carbocycles. The highest BCUT2D eigenvalue weighted by Crippen LogP contribution is 2.22. The fraction of sp³-hybridized carbons (Fsp3) is 0.389. The molecule has 0 N–H and O–H groups in total. The molecule has 0 saturated heterocycles. The van der Waals surface area contributed by atoms with E-state index in [-0.39, 0.29) is 5.91 Å². The van der Waals surface area contributed by atoms with Gasteiger partial charge in [-0.2, -0.15) is 0 Å². The number of amides is 1. The zero-order valence-electron chi connectivity index (χ0n) is 14.0. The highest BCUT2D eigenvalue weighted by molar-refractivity contribution is 5.94. The van der Waals surface area contributed by atoms with Crippen LogP contribution in [0, 0.1) is 6.92 Å². The van der Waals surface area contributed by atoms with E-state index in [1.165, 1.54) is 0 Å². The Morgan fingerprint density at radius 1 is 1.29 bits per heavy atom. The van der Waals surface area contributed by atoms with Gasteiger partial charge >= 0.3 is 0 Å². The number of methoxy groups -OCH3 is 1. The van der Waals surface area contributed by atoms with Crippen molar-refractivity contribution in [2.24, 2.45) is 0 Å². The van der Waals surface area contributed by atoms with Gasteiger partial charge in [-0.25, -0.2) is 4.98 Å². The van der Waals surface area contributed by atoms with Crippen molar-refractivity contribution >= 4 is 5.91 Å². The number of carbonyl (C=O) groups excluding carboxylic acids is 1. The van der Waals surface area contributed by atoms with Crippen LogP contribution in [-0.2, 0) is 17.7 Å². The molecule has 1 amide bonds. The van der Waals surface area contributed by atoms with Crippen LogP contribution < -0.4 is 4.74 Å². The number of ether oxygens (including phenoxy) is 2. The second-order valence-electron chi connectivity index (χ2n) is 5.82. The second-order valence-corrected chi connectivity index (χ2v) is 5.82. The summed E-state index contributed by atoms with van der Waals surface area (Å²) in [7, 11) is 1.64. The largest absolute Gasteiger partial charge is 0.475 e. The third kappa shape index (κ3) is 3.71. The summed E-state index contributed by atoms with van der Waals surface area (Å²) in [6.45, 7) is 4.16. The third-order valence-electron chi connectivity index (χ3n) is 3.97. The van der Waals surface area contributed by atoms with Crippen LogP contribution in [0.25, 0.3) is 0 Å². The molecule has 0 atom stereocenters. The summed E-state index contributed by atoms with van der Waals surface area (Å²) < 4.78 is 10.5. The van der Waals surface area contributed by atoms with Gasteiger partial charge in [0.1, 0.15) is 6.61 Å². The molecule has 2 aromatic rings. The van der Waals surface area contributed by atoms with E-state index in [9.17, 15) is 4.79 Å². The molecule has 24 heavy (non-hydrogen) atoms. The topological polar surface area (TPSA) is 64.6 Å². The van der Waals surface area contributed by atoms with Gasteiger partial charge in [0, 0.05) is 45.1 Å². The number of pyridine rings is 2. The minimum atomic E-state index is 0.0114. The van der Waals surface area contributed by atoms with Crippen molar-refractivity contribution < 1.29 is 14.3 Å². The lowest BCUT2D eigenvalue weighted by Crippen LogP contribution is -2.36. The number of aryl methyl sites for hydroxylation is 1. The zero-order chi connectivity index (χ0) is 16.9. The monoisotopic (exact) mass is 327 g/mol. The highest BCUT2D eigenvalue weighted by Gasteiger charge is 2.23. The molecule has 0 bridgehead atoms. The van der Waals surface area contributed by atoms with Gasteiger partial charge in [-0.15, -0.1) is 0 Å². The van der Waals surface area contributed by atoms with E-state index < -0.39 is 0 Å². The van der Waals surface area contributed by atoms with Gasteiger partial charge in [-0.05, 0) is 24.1 Å². The van der Waals surface area contributed by atoms with Gasteiger partial charge in [0.25, 0.3) is 5.91 Å². The molecule has 0 radical (unpaired) electrons. The Hall–Kier alpha value is -2.47. The fourth-order valence-electron chi connectivity index (χ4n) is 2.73. The summed E-state index contributed by atoms with van der Waals surface area (Å²) in [6.07, 6.45) is 4.09. The molecule has 2 aromatic heterocycles. The average Bonchev–Trinajstić information content (AvgIpc) is 2.61. The third-order valence-corrected chi connectivity index (χ3v) is 3.97. The van der Waals surface area contributed by atoms with Crippen molar-refractivity contribution in [3.8, 4) is 5.88 Å². The van der Waals surface area contributed by atoms with Crippen LogP contribution >= 0.6 is 0 Å². The van der Waals surface area contributed by atoms with Crippen LogP contribution in [0.2, 0.25) is 0 Å². The summed E-state index contributed by atoms with van der Waals surface area (Å²) in [5, 5.41) is 0. The molecule has 0 spiro atoms. The molecule has 0 saturated carbocycles.